The number of benzene rings is 10. The van der Waals surface area contributed by atoms with Crippen molar-refractivity contribution in [3.8, 4) is 73.1 Å². The minimum atomic E-state index is -1.55. The fourth-order valence-electron chi connectivity index (χ4n) is 9.85. The van der Waals surface area contributed by atoms with Gasteiger partial charge in [0.15, 0.2) is 23.3 Å². The Morgan fingerprint density at radius 3 is 0.882 bits per heavy atom. The van der Waals surface area contributed by atoms with Crippen LogP contribution in [0.3, 0.4) is 0 Å². The lowest BCUT2D eigenvalue weighted by atomic mass is 9.98. The molecule has 2 heterocycles. The largest absolute Gasteiger partial charge is 0.308 e. The molecule has 322 valence electrons. The molecule has 68 heavy (non-hydrogen) atoms. The van der Waals surface area contributed by atoms with Gasteiger partial charge in [-0.25, -0.2) is 17.6 Å². The summed E-state index contributed by atoms with van der Waals surface area (Å²) in [5.74, 6) is -6.18. The summed E-state index contributed by atoms with van der Waals surface area (Å²) in [7, 11) is 0. The zero-order valence-electron chi connectivity index (χ0n) is 36.1. The van der Waals surface area contributed by atoms with Crippen LogP contribution in [0.4, 0.5) is 17.6 Å². The molecule has 0 amide bonds. The zero-order chi connectivity index (χ0) is 46.0. The lowest BCUT2D eigenvalue weighted by Crippen LogP contribution is -2.07. The summed E-state index contributed by atoms with van der Waals surface area (Å²) in [6, 6.07) is 69.9. The molecule has 0 radical (unpaired) electrons. The topological polar surface area (TPSA) is 33.6 Å². The van der Waals surface area contributed by atoms with Crippen LogP contribution in [0.25, 0.3) is 111 Å². The second-order valence-electron chi connectivity index (χ2n) is 16.9. The van der Waals surface area contributed by atoms with Gasteiger partial charge in [-0.3, -0.25) is 0 Å². The molecule has 0 aliphatic heterocycles. The van der Waals surface area contributed by atoms with Crippen LogP contribution < -0.4 is 0 Å². The summed E-state index contributed by atoms with van der Waals surface area (Å²) in [5, 5.41) is 15.2. The van der Waals surface area contributed by atoms with E-state index >= 15 is 17.6 Å². The Hall–Kier alpha value is -8.99. The maximum absolute atomic E-state index is 16.4. The summed E-state index contributed by atoms with van der Waals surface area (Å²) in [5.41, 5.74) is 9.87. The Bertz CT molecular complexity index is 3560. The smallest absolute Gasteiger partial charge is 0.169 e. The van der Waals surface area contributed by atoms with Crippen molar-refractivity contribution in [3.05, 3.63) is 241 Å². The van der Waals surface area contributed by atoms with Gasteiger partial charge >= 0.3 is 0 Å². The molecule has 10 aromatic carbocycles. The molecule has 0 bridgehead atoms. The second-order valence-corrected chi connectivity index (χ2v) is 16.9. The molecule has 0 atom stereocenters. The van der Waals surface area contributed by atoms with Crippen LogP contribution in [0.2, 0.25) is 0 Å². The number of halogens is 4. The molecular formula is C61H35F4N3. The normalized spacial score (nSPS) is 11.5. The van der Waals surface area contributed by atoms with Crippen LogP contribution in [0.1, 0.15) is 5.56 Å². The van der Waals surface area contributed by atoms with Gasteiger partial charge in [-0.1, -0.05) is 170 Å². The van der Waals surface area contributed by atoms with Crippen LogP contribution in [0.15, 0.2) is 212 Å². The standard InChI is InChI=1S/C61H35F4N3/c62-51-35-52(63)61(65)59(60(51)64)45-33-57(67-53-29-41(37-13-5-1-6-14-37)21-25-46(53)47-26-22-42(30-54(47)67)38-15-7-2-8-16-38)50(36-66)58(34-45)68-55-31-43(39-17-9-3-10-18-39)23-27-48(55)49-28-24-44(32-56(49)68)40-19-11-4-12-20-40/h1-35H. The number of aromatic nitrogens is 2. The molecule has 0 fully saturated rings. The average Bonchev–Trinajstić information content (AvgIpc) is 3.90. The Balaban J connectivity index is 1.26. The maximum Gasteiger partial charge on any atom is 0.169 e. The molecule has 0 aliphatic carbocycles. The Morgan fingerprint density at radius 1 is 0.309 bits per heavy atom. The van der Waals surface area contributed by atoms with Crippen molar-refractivity contribution in [2.75, 3.05) is 0 Å². The highest BCUT2D eigenvalue weighted by atomic mass is 19.2. The van der Waals surface area contributed by atoms with Crippen molar-refractivity contribution in [1.29, 1.82) is 5.26 Å². The highest BCUT2D eigenvalue weighted by Crippen LogP contribution is 2.44. The molecule has 0 N–H and O–H groups in total. The molecule has 0 unspecified atom stereocenters. The highest BCUT2D eigenvalue weighted by molar-refractivity contribution is 6.13. The number of nitrogens with zero attached hydrogens (tertiary/aromatic N) is 3. The average molecular weight is 886 g/mol. The Kier molecular flexibility index (Phi) is 9.63. The number of nitriles is 1. The van der Waals surface area contributed by atoms with E-state index in [1.165, 1.54) is 12.1 Å². The molecule has 12 rings (SSSR count). The number of fused-ring (bicyclic) bond motifs is 6. The first-order chi connectivity index (χ1) is 33.3. The fourth-order valence-corrected chi connectivity index (χ4v) is 9.85. The maximum atomic E-state index is 16.4. The van der Waals surface area contributed by atoms with E-state index in [1.807, 2.05) is 203 Å². The molecule has 0 spiro atoms. The number of hydrogen-bond acceptors (Lipinski definition) is 1. The van der Waals surface area contributed by atoms with Crippen molar-refractivity contribution >= 4 is 43.6 Å². The lowest BCUT2D eigenvalue weighted by Gasteiger charge is -2.19. The van der Waals surface area contributed by atoms with Gasteiger partial charge in [0.05, 0.1) is 39.0 Å². The molecule has 3 nitrogen and oxygen atoms in total. The quantitative estimate of drug-likeness (QED) is 0.116. The van der Waals surface area contributed by atoms with Gasteiger partial charge < -0.3 is 9.13 Å². The summed E-state index contributed by atoms with van der Waals surface area (Å²) < 4.78 is 67.5. The van der Waals surface area contributed by atoms with Gasteiger partial charge in [0, 0.05) is 27.6 Å². The van der Waals surface area contributed by atoms with Gasteiger partial charge in [0.1, 0.15) is 11.6 Å². The van der Waals surface area contributed by atoms with Crippen molar-refractivity contribution in [2.24, 2.45) is 0 Å². The van der Waals surface area contributed by atoms with E-state index < -0.39 is 28.8 Å². The van der Waals surface area contributed by atoms with E-state index in [-0.39, 0.29) is 28.6 Å². The van der Waals surface area contributed by atoms with Crippen LogP contribution in [0, 0.1) is 34.6 Å². The third-order valence-corrected chi connectivity index (χ3v) is 13.1. The summed E-state index contributed by atoms with van der Waals surface area (Å²) in [4.78, 5) is 0. The third kappa shape index (κ3) is 6.57. The Labute approximate surface area is 388 Å². The third-order valence-electron chi connectivity index (χ3n) is 13.1. The molecule has 0 saturated carbocycles. The van der Waals surface area contributed by atoms with Gasteiger partial charge in [-0.15, -0.1) is 0 Å². The predicted octanol–water partition coefficient (Wildman–Crippen LogP) is 16.6. The Morgan fingerprint density at radius 2 is 0.603 bits per heavy atom. The molecule has 12 aromatic rings. The van der Waals surface area contributed by atoms with E-state index in [9.17, 15) is 5.26 Å². The van der Waals surface area contributed by atoms with E-state index in [4.69, 9.17) is 0 Å². The predicted molar refractivity (Wildman–Crippen MR) is 267 cm³/mol. The van der Waals surface area contributed by atoms with Crippen LogP contribution in [-0.2, 0) is 0 Å². The first-order valence-corrected chi connectivity index (χ1v) is 22.1. The van der Waals surface area contributed by atoms with Gasteiger partial charge in [-0.2, -0.15) is 5.26 Å². The van der Waals surface area contributed by atoms with Crippen LogP contribution >= 0.6 is 0 Å². The SMILES string of the molecule is N#Cc1c(-n2c3cc(-c4ccccc4)ccc3c3ccc(-c4ccccc4)cc32)cc(-c2c(F)c(F)cc(F)c2F)cc1-n1c2cc(-c3ccccc3)ccc2c2ccc(-c3ccccc3)cc21. The molecule has 7 heteroatoms. The number of rotatable bonds is 7. The van der Waals surface area contributed by atoms with Crippen LogP contribution in [0.5, 0.6) is 0 Å². The monoisotopic (exact) mass is 885 g/mol. The minimum absolute atomic E-state index is 0.162. The minimum Gasteiger partial charge on any atom is -0.308 e. The van der Waals surface area contributed by atoms with Crippen LogP contribution in [-0.4, -0.2) is 9.13 Å². The van der Waals surface area contributed by atoms with Crippen molar-refractivity contribution in [2.45, 2.75) is 0 Å². The van der Waals surface area contributed by atoms with Gasteiger partial charge in [-0.05, 0) is 86.5 Å². The van der Waals surface area contributed by atoms with E-state index in [0.29, 0.717) is 22.1 Å². The molecular weight excluding hydrogens is 851 g/mol. The summed E-state index contributed by atoms with van der Waals surface area (Å²) >= 11 is 0. The van der Waals surface area contributed by atoms with Crippen molar-refractivity contribution in [3.63, 3.8) is 0 Å². The van der Waals surface area contributed by atoms with E-state index in [0.717, 1.165) is 66.1 Å². The first kappa shape index (κ1) is 40.5. The van der Waals surface area contributed by atoms with Crippen molar-refractivity contribution in [1.82, 2.24) is 9.13 Å². The fraction of sp³-hybridized carbons (Fsp3) is 0. The van der Waals surface area contributed by atoms with E-state index in [1.54, 1.807) is 0 Å². The second kappa shape index (κ2) is 16.2. The van der Waals surface area contributed by atoms with Gasteiger partial charge in [0.2, 0.25) is 0 Å². The zero-order valence-corrected chi connectivity index (χ0v) is 36.1. The first-order valence-electron chi connectivity index (χ1n) is 22.1. The molecule has 0 aliphatic rings. The lowest BCUT2D eigenvalue weighted by molar-refractivity contribution is 0.458. The molecule has 0 saturated heterocycles. The van der Waals surface area contributed by atoms with Crippen molar-refractivity contribution < 1.29 is 17.6 Å². The number of hydrogen-bond donors (Lipinski definition) is 0. The molecule has 2 aromatic heterocycles. The van der Waals surface area contributed by atoms with E-state index in [2.05, 4.69) is 6.07 Å². The van der Waals surface area contributed by atoms with Gasteiger partial charge in [0.25, 0.3) is 0 Å². The summed E-state index contributed by atoms with van der Waals surface area (Å²) in [6.07, 6.45) is 0. The summed E-state index contributed by atoms with van der Waals surface area (Å²) in [6.45, 7) is 0. The highest BCUT2D eigenvalue weighted by Gasteiger charge is 2.27.